The summed E-state index contributed by atoms with van der Waals surface area (Å²) in [6.45, 7) is 1.78. The van der Waals surface area contributed by atoms with Crippen LogP contribution in [0.4, 0.5) is 0 Å². The number of aryl methyl sites for hydroxylation is 1. The Labute approximate surface area is 74.9 Å². The van der Waals surface area contributed by atoms with E-state index in [1.54, 1.807) is 13.0 Å². The fourth-order valence-electron chi connectivity index (χ4n) is 1.51. The molecule has 0 aromatic heterocycles. The molecule has 2 aliphatic rings. The lowest BCUT2D eigenvalue weighted by molar-refractivity contribution is 0.0697. The molecule has 0 spiro atoms. The van der Waals surface area contributed by atoms with E-state index in [0.29, 0.717) is 11.1 Å². The number of hydrogen-bond donors (Lipinski definition) is 1. The Kier molecular flexibility index (Phi) is 1.59. The summed E-state index contributed by atoms with van der Waals surface area (Å²) in [4.78, 5) is 10.9. The summed E-state index contributed by atoms with van der Waals surface area (Å²) in [5, 5.41) is 8.91. The van der Waals surface area contributed by atoms with Gasteiger partial charge in [0.1, 0.15) is 0 Å². The minimum atomic E-state index is -0.908. The highest BCUT2D eigenvalue weighted by Crippen LogP contribution is 2.30. The highest BCUT2D eigenvalue weighted by Gasteiger charge is 2.18. The molecule has 0 saturated carbocycles. The molecule has 0 radical (unpaired) electrons. The van der Waals surface area contributed by atoms with E-state index in [1.807, 2.05) is 6.07 Å². The second kappa shape index (κ2) is 2.62. The normalized spacial score (nSPS) is 10.5. The minimum absolute atomic E-state index is 0.333. The zero-order valence-electron chi connectivity index (χ0n) is 7.07. The van der Waals surface area contributed by atoms with Gasteiger partial charge in [-0.05, 0) is 24.1 Å². The first-order valence-electron chi connectivity index (χ1n) is 3.89. The number of carboxylic acids is 1. The van der Waals surface area contributed by atoms with E-state index in [4.69, 9.17) is 9.52 Å². The second-order valence-electron chi connectivity index (χ2n) is 2.93. The zero-order chi connectivity index (χ0) is 9.42. The van der Waals surface area contributed by atoms with E-state index in [-0.39, 0.29) is 0 Å². The highest BCUT2D eigenvalue weighted by molar-refractivity contribution is 5.99. The van der Waals surface area contributed by atoms with E-state index in [0.717, 1.165) is 11.1 Å². The third-order valence-electron chi connectivity index (χ3n) is 2.07. The van der Waals surface area contributed by atoms with Gasteiger partial charge in [-0.3, -0.25) is 0 Å². The van der Waals surface area contributed by atoms with Crippen LogP contribution < -0.4 is 0 Å². The summed E-state index contributed by atoms with van der Waals surface area (Å²) < 4.78 is 4.93. The molecule has 66 valence electrons. The Morgan fingerprint density at radius 1 is 1.54 bits per heavy atom. The van der Waals surface area contributed by atoms with Gasteiger partial charge in [0.05, 0.1) is 18.1 Å². The van der Waals surface area contributed by atoms with E-state index < -0.39 is 5.97 Å². The number of aromatic carboxylic acids is 1. The van der Waals surface area contributed by atoms with Crippen molar-refractivity contribution in [2.24, 2.45) is 0 Å². The summed E-state index contributed by atoms with van der Waals surface area (Å²) in [5.41, 5.74) is 2.66. The maximum Gasteiger partial charge on any atom is 0.336 e. The van der Waals surface area contributed by atoms with Crippen molar-refractivity contribution in [1.82, 2.24) is 0 Å². The van der Waals surface area contributed by atoms with Crippen molar-refractivity contribution in [3.63, 3.8) is 0 Å². The molecule has 3 heteroatoms. The summed E-state index contributed by atoms with van der Waals surface area (Å²) in [6.07, 6.45) is 3.00. The maximum atomic E-state index is 10.9. The molecule has 1 N–H and O–H groups in total. The molecule has 0 amide bonds. The molecule has 0 aromatic rings. The molecule has 0 aromatic carbocycles. The highest BCUT2D eigenvalue weighted by atomic mass is 16.4. The molecule has 2 rings (SSSR count). The van der Waals surface area contributed by atoms with Gasteiger partial charge in [0, 0.05) is 5.56 Å². The van der Waals surface area contributed by atoms with Crippen molar-refractivity contribution in [3.05, 3.63) is 35.8 Å². The topological polar surface area (TPSA) is 50.4 Å². The lowest BCUT2D eigenvalue weighted by Crippen LogP contribution is -1.97. The van der Waals surface area contributed by atoms with Crippen molar-refractivity contribution in [2.45, 2.75) is 6.92 Å². The van der Waals surface area contributed by atoms with Crippen LogP contribution in [-0.4, -0.2) is 11.1 Å². The summed E-state index contributed by atoms with van der Waals surface area (Å²) in [5.74, 6) is -0.908. The average Bonchev–Trinajstić information content (AvgIpc) is 2.39. The molecule has 3 nitrogen and oxygen atoms in total. The third kappa shape index (κ3) is 1.09. The maximum absolute atomic E-state index is 10.9. The lowest BCUT2D eigenvalue weighted by atomic mass is 10.1. The van der Waals surface area contributed by atoms with Crippen LogP contribution >= 0.6 is 0 Å². The molecule has 1 aliphatic carbocycles. The summed E-state index contributed by atoms with van der Waals surface area (Å²) in [6, 6.07) is 3.60. The smallest absolute Gasteiger partial charge is 0.336 e. The lowest BCUT2D eigenvalue weighted by Gasteiger charge is -1.97. The summed E-state index contributed by atoms with van der Waals surface area (Å²) >= 11 is 0. The number of fused-ring (bicyclic) bond motifs is 1. The Bertz CT molecular complexity index is 428. The van der Waals surface area contributed by atoms with Crippen LogP contribution in [0.25, 0.3) is 11.1 Å². The minimum Gasteiger partial charge on any atom is -0.478 e. The fraction of sp³-hybridized carbons (Fsp3) is 0.100. The van der Waals surface area contributed by atoms with Crippen molar-refractivity contribution in [2.75, 3.05) is 0 Å². The molecule has 0 atom stereocenters. The average molecular weight is 176 g/mol. The number of rotatable bonds is 1. The van der Waals surface area contributed by atoms with Gasteiger partial charge in [-0.25, -0.2) is 4.79 Å². The van der Waals surface area contributed by atoms with Crippen molar-refractivity contribution in [3.8, 4) is 11.1 Å². The second-order valence-corrected chi connectivity index (χ2v) is 2.93. The fourth-order valence-corrected chi connectivity index (χ4v) is 1.51. The van der Waals surface area contributed by atoms with Crippen molar-refractivity contribution < 1.29 is 14.3 Å². The van der Waals surface area contributed by atoms with Crippen molar-refractivity contribution >= 4 is 5.97 Å². The predicted octanol–water partition coefficient (Wildman–Crippen LogP) is 2.39. The van der Waals surface area contributed by atoms with Gasteiger partial charge in [-0.2, -0.15) is 0 Å². The van der Waals surface area contributed by atoms with Gasteiger partial charge >= 0.3 is 5.97 Å². The third-order valence-corrected chi connectivity index (χ3v) is 2.07. The molecule has 0 saturated heterocycles. The van der Waals surface area contributed by atoms with Gasteiger partial charge in [-0.1, -0.05) is 6.07 Å². The molecule has 0 fully saturated rings. The molecule has 0 bridgehead atoms. The monoisotopic (exact) mass is 176 g/mol. The van der Waals surface area contributed by atoms with Gasteiger partial charge in [0.25, 0.3) is 0 Å². The van der Waals surface area contributed by atoms with E-state index >= 15 is 0 Å². The number of carbonyl (C=O) groups is 1. The number of hydrogen-bond acceptors (Lipinski definition) is 2. The van der Waals surface area contributed by atoms with E-state index in [1.165, 1.54) is 12.5 Å². The SMILES string of the molecule is Cc1cc2ccocc-2c1C(=O)O. The molecular formula is C10H8O3. The first kappa shape index (κ1) is 7.86. The van der Waals surface area contributed by atoms with Crippen molar-refractivity contribution in [1.29, 1.82) is 0 Å². The first-order valence-corrected chi connectivity index (χ1v) is 3.89. The molecule has 0 unspecified atom stereocenters. The molecule has 1 heterocycles. The quantitative estimate of drug-likeness (QED) is 0.725. The van der Waals surface area contributed by atoms with Crippen LogP contribution in [0.15, 0.2) is 29.1 Å². The largest absolute Gasteiger partial charge is 0.478 e. The van der Waals surface area contributed by atoms with Gasteiger partial charge in [0.15, 0.2) is 0 Å². The van der Waals surface area contributed by atoms with Gasteiger partial charge in [-0.15, -0.1) is 0 Å². The van der Waals surface area contributed by atoms with Gasteiger partial charge < -0.3 is 9.52 Å². The molecule has 13 heavy (non-hydrogen) atoms. The van der Waals surface area contributed by atoms with Crippen LogP contribution in [0.5, 0.6) is 0 Å². The Hall–Kier alpha value is -1.77. The van der Waals surface area contributed by atoms with Crippen LogP contribution in [-0.2, 0) is 0 Å². The van der Waals surface area contributed by atoms with Crippen LogP contribution in [0, 0.1) is 6.92 Å². The summed E-state index contributed by atoms with van der Waals surface area (Å²) in [7, 11) is 0. The van der Waals surface area contributed by atoms with Crippen LogP contribution in [0.3, 0.4) is 0 Å². The Morgan fingerprint density at radius 3 is 3.00 bits per heavy atom. The first-order chi connectivity index (χ1) is 6.20. The van der Waals surface area contributed by atoms with E-state index in [9.17, 15) is 4.79 Å². The zero-order valence-corrected chi connectivity index (χ0v) is 7.07. The van der Waals surface area contributed by atoms with Crippen LogP contribution in [0.1, 0.15) is 15.9 Å². The molecular weight excluding hydrogens is 168 g/mol. The van der Waals surface area contributed by atoms with Crippen LogP contribution in [0.2, 0.25) is 0 Å². The predicted molar refractivity (Wildman–Crippen MR) is 47.0 cm³/mol. The number of carboxylic acid groups (broad SMARTS) is 1. The van der Waals surface area contributed by atoms with E-state index in [2.05, 4.69) is 0 Å². The Morgan fingerprint density at radius 2 is 2.31 bits per heavy atom. The molecule has 1 aliphatic heterocycles. The van der Waals surface area contributed by atoms with Gasteiger partial charge in [0.2, 0.25) is 0 Å². The Balaban J connectivity index is 2.76. The standard InChI is InChI=1S/C10H8O3/c1-6-4-7-2-3-13-5-8(7)9(6)10(11)12/h2-5H,1H3,(H,11,12).